The lowest BCUT2D eigenvalue weighted by atomic mass is 10.1. The van der Waals surface area contributed by atoms with Crippen LogP contribution in [0.4, 0.5) is 0 Å². The minimum Gasteiger partial charge on any atom is -0.324 e. The quantitative estimate of drug-likeness (QED) is 0.784. The van der Waals surface area contributed by atoms with Crippen molar-refractivity contribution in [3.8, 4) is 0 Å². The molecule has 0 radical (unpaired) electrons. The minimum absolute atomic E-state index is 0.163. The Morgan fingerprint density at radius 1 is 1.27 bits per heavy atom. The first-order valence-electron chi connectivity index (χ1n) is 5.47. The van der Waals surface area contributed by atoms with Crippen LogP contribution in [0.15, 0.2) is 29.2 Å². The van der Waals surface area contributed by atoms with Crippen LogP contribution in [0.25, 0.3) is 0 Å². The van der Waals surface area contributed by atoms with Gasteiger partial charge in [-0.3, -0.25) is 0 Å². The van der Waals surface area contributed by atoms with Gasteiger partial charge in [0.05, 0.1) is 0 Å². The smallest absolute Gasteiger partial charge is 0.0303 e. The Bertz CT molecular complexity index is 315. The zero-order chi connectivity index (χ0) is 11.5. The Hall–Kier alpha value is -0.470. The molecule has 2 N–H and O–H groups in total. The molecule has 1 nitrogen and oxygen atoms in total. The number of thioether (sulfide) groups is 1. The molecule has 0 aliphatic rings. The highest BCUT2D eigenvalue weighted by atomic mass is 32.2. The average molecular weight is 223 g/mol. The zero-order valence-corrected chi connectivity index (χ0v) is 10.9. The molecule has 2 heteroatoms. The molecule has 0 heterocycles. The standard InChI is InChI=1S/C13H21NS/c1-5-11(14)10-8-6-7-9-12(10)15-13(2,3)4/h6-9,11H,5,14H2,1-4H3/t11-/m1/s1. The van der Waals surface area contributed by atoms with E-state index in [-0.39, 0.29) is 10.8 Å². The van der Waals surface area contributed by atoms with Gasteiger partial charge in [-0.15, -0.1) is 11.8 Å². The van der Waals surface area contributed by atoms with Crippen LogP contribution in [-0.2, 0) is 0 Å². The molecule has 1 atom stereocenters. The molecular weight excluding hydrogens is 202 g/mol. The predicted octanol–water partition coefficient (Wildman–Crippen LogP) is 3.99. The van der Waals surface area contributed by atoms with Crippen molar-refractivity contribution < 1.29 is 0 Å². The summed E-state index contributed by atoms with van der Waals surface area (Å²) in [6, 6.07) is 8.62. The van der Waals surface area contributed by atoms with Gasteiger partial charge in [-0.1, -0.05) is 45.9 Å². The predicted molar refractivity (Wildman–Crippen MR) is 69.3 cm³/mol. The summed E-state index contributed by atoms with van der Waals surface area (Å²) in [5.74, 6) is 0. The van der Waals surface area contributed by atoms with Crippen LogP contribution >= 0.6 is 11.8 Å². The Labute approximate surface area is 97.4 Å². The number of rotatable bonds is 3. The molecule has 0 aromatic heterocycles. The summed E-state index contributed by atoms with van der Waals surface area (Å²) in [5.41, 5.74) is 7.38. The molecule has 0 aliphatic carbocycles. The maximum atomic E-state index is 6.10. The Morgan fingerprint density at radius 2 is 1.87 bits per heavy atom. The number of nitrogens with two attached hydrogens (primary N) is 1. The molecule has 0 amide bonds. The fraction of sp³-hybridized carbons (Fsp3) is 0.538. The molecule has 0 unspecified atom stereocenters. The summed E-state index contributed by atoms with van der Waals surface area (Å²) in [7, 11) is 0. The Kier molecular flexibility index (Phi) is 4.23. The third kappa shape index (κ3) is 3.88. The highest BCUT2D eigenvalue weighted by Crippen LogP contribution is 2.36. The molecule has 0 spiro atoms. The first-order chi connectivity index (χ1) is 6.94. The van der Waals surface area contributed by atoms with E-state index in [1.54, 1.807) is 0 Å². The molecule has 0 saturated carbocycles. The van der Waals surface area contributed by atoms with E-state index in [1.165, 1.54) is 10.5 Å². The van der Waals surface area contributed by atoms with Gasteiger partial charge in [-0.2, -0.15) is 0 Å². The van der Waals surface area contributed by atoms with Gasteiger partial charge in [0.15, 0.2) is 0 Å². The van der Waals surface area contributed by atoms with Crippen LogP contribution in [0.2, 0.25) is 0 Å². The van der Waals surface area contributed by atoms with Gasteiger partial charge in [0.25, 0.3) is 0 Å². The molecule has 0 fully saturated rings. The summed E-state index contributed by atoms with van der Waals surface area (Å²) in [5, 5.41) is 0. The van der Waals surface area contributed by atoms with E-state index in [4.69, 9.17) is 5.73 Å². The van der Waals surface area contributed by atoms with Crippen molar-refractivity contribution in [2.75, 3.05) is 0 Å². The average Bonchev–Trinajstić information content (AvgIpc) is 2.15. The van der Waals surface area contributed by atoms with E-state index >= 15 is 0 Å². The number of hydrogen-bond donors (Lipinski definition) is 1. The maximum absolute atomic E-state index is 6.10. The molecule has 0 aliphatic heterocycles. The summed E-state index contributed by atoms with van der Waals surface area (Å²) in [6.07, 6.45) is 0.988. The van der Waals surface area contributed by atoms with Crippen molar-refractivity contribution in [1.82, 2.24) is 0 Å². The van der Waals surface area contributed by atoms with Gasteiger partial charge < -0.3 is 5.73 Å². The summed E-state index contributed by atoms with van der Waals surface area (Å²) < 4.78 is 0.240. The van der Waals surface area contributed by atoms with Gasteiger partial charge in [-0.05, 0) is 18.1 Å². The van der Waals surface area contributed by atoms with E-state index in [1.807, 2.05) is 11.8 Å². The van der Waals surface area contributed by atoms with Crippen molar-refractivity contribution in [3.05, 3.63) is 29.8 Å². The van der Waals surface area contributed by atoms with Crippen LogP contribution in [0, 0.1) is 0 Å². The summed E-state index contributed by atoms with van der Waals surface area (Å²) >= 11 is 1.89. The zero-order valence-electron chi connectivity index (χ0n) is 10.1. The van der Waals surface area contributed by atoms with Gasteiger partial charge in [0, 0.05) is 15.7 Å². The Balaban J connectivity index is 2.96. The fourth-order valence-electron chi connectivity index (χ4n) is 1.43. The highest BCUT2D eigenvalue weighted by Gasteiger charge is 2.16. The fourth-order valence-corrected chi connectivity index (χ4v) is 2.57. The lowest BCUT2D eigenvalue weighted by molar-refractivity contribution is 0.684. The van der Waals surface area contributed by atoms with Crippen LogP contribution in [0.1, 0.15) is 45.7 Å². The molecule has 0 saturated heterocycles. The first kappa shape index (κ1) is 12.6. The van der Waals surface area contributed by atoms with Crippen LogP contribution in [-0.4, -0.2) is 4.75 Å². The molecule has 0 bridgehead atoms. The van der Waals surface area contributed by atoms with Gasteiger partial charge in [0.2, 0.25) is 0 Å². The topological polar surface area (TPSA) is 26.0 Å². The highest BCUT2D eigenvalue weighted by molar-refractivity contribution is 8.00. The van der Waals surface area contributed by atoms with Crippen LogP contribution in [0.5, 0.6) is 0 Å². The lowest BCUT2D eigenvalue weighted by Gasteiger charge is -2.21. The third-order valence-corrected chi connectivity index (χ3v) is 3.38. The lowest BCUT2D eigenvalue weighted by Crippen LogP contribution is -2.12. The van der Waals surface area contributed by atoms with Crippen LogP contribution in [0.3, 0.4) is 0 Å². The Morgan fingerprint density at radius 3 is 2.40 bits per heavy atom. The number of benzene rings is 1. The monoisotopic (exact) mass is 223 g/mol. The van der Waals surface area contributed by atoms with Crippen molar-refractivity contribution in [1.29, 1.82) is 0 Å². The second kappa shape index (κ2) is 5.04. The van der Waals surface area contributed by atoms with E-state index in [2.05, 4.69) is 52.0 Å². The van der Waals surface area contributed by atoms with Crippen molar-refractivity contribution in [3.63, 3.8) is 0 Å². The van der Waals surface area contributed by atoms with Gasteiger partial charge in [-0.25, -0.2) is 0 Å². The van der Waals surface area contributed by atoms with E-state index in [0.717, 1.165) is 6.42 Å². The number of hydrogen-bond acceptors (Lipinski definition) is 2. The minimum atomic E-state index is 0.163. The maximum Gasteiger partial charge on any atom is 0.0303 e. The molecule has 1 aromatic carbocycles. The normalized spacial score (nSPS) is 13.9. The summed E-state index contributed by atoms with van der Waals surface area (Å²) in [4.78, 5) is 1.32. The molecule has 1 rings (SSSR count). The molecule has 1 aromatic rings. The van der Waals surface area contributed by atoms with Crippen molar-refractivity contribution in [2.45, 2.75) is 49.8 Å². The molecular formula is C13H21NS. The molecule has 15 heavy (non-hydrogen) atoms. The summed E-state index contributed by atoms with van der Waals surface area (Å²) in [6.45, 7) is 8.81. The second-order valence-corrected chi connectivity index (χ2v) is 6.64. The van der Waals surface area contributed by atoms with Crippen molar-refractivity contribution >= 4 is 11.8 Å². The third-order valence-electron chi connectivity index (χ3n) is 2.17. The largest absolute Gasteiger partial charge is 0.324 e. The van der Waals surface area contributed by atoms with E-state index in [0.29, 0.717) is 0 Å². The van der Waals surface area contributed by atoms with Gasteiger partial charge in [0.1, 0.15) is 0 Å². The molecule has 84 valence electrons. The SMILES string of the molecule is CC[C@@H](N)c1ccccc1SC(C)(C)C. The van der Waals surface area contributed by atoms with E-state index in [9.17, 15) is 0 Å². The van der Waals surface area contributed by atoms with Gasteiger partial charge >= 0.3 is 0 Å². The van der Waals surface area contributed by atoms with E-state index < -0.39 is 0 Å². The van der Waals surface area contributed by atoms with Crippen molar-refractivity contribution in [2.24, 2.45) is 5.73 Å². The second-order valence-electron chi connectivity index (χ2n) is 4.77. The van der Waals surface area contributed by atoms with Crippen LogP contribution < -0.4 is 5.73 Å². The first-order valence-corrected chi connectivity index (χ1v) is 6.29.